The summed E-state index contributed by atoms with van der Waals surface area (Å²) in [6, 6.07) is 0. The minimum atomic E-state index is 0.657. The molecule has 70 valence electrons. The van der Waals surface area contributed by atoms with E-state index in [0.29, 0.717) is 5.92 Å². The summed E-state index contributed by atoms with van der Waals surface area (Å²) >= 11 is 2.15. The summed E-state index contributed by atoms with van der Waals surface area (Å²) in [5, 5.41) is 0. The van der Waals surface area contributed by atoms with Crippen molar-refractivity contribution in [2.24, 2.45) is 5.92 Å². The molecular weight excluding hydrogens is 204 g/mol. The number of hydrogen-bond acceptors (Lipinski definition) is 0. The van der Waals surface area contributed by atoms with Gasteiger partial charge in [0, 0.05) is 0 Å². The fraction of sp³-hybridized carbons (Fsp3) is 0.308. The quantitative estimate of drug-likeness (QED) is 0.636. The Morgan fingerprint density at radius 3 is 2.07 bits per heavy atom. The molecule has 0 heterocycles. The van der Waals surface area contributed by atoms with Gasteiger partial charge >= 0.3 is 97.1 Å². The van der Waals surface area contributed by atoms with Crippen molar-refractivity contribution in [3.63, 3.8) is 0 Å². The zero-order valence-electron chi connectivity index (χ0n) is 8.24. The fourth-order valence-corrected chi connectivity index (χ4v) is 2.47. The Hall–Kier alpha value is -0.456. The van der Waals surface area contributed by atoms with E-state index >= 15 is 0 Å². The molecule has 0 aliphatic heterocycles. The van der Waals surface area contributed by atoms with Crippen molar-refractivity contribution in [3.8, 4) is 0 Å². The number of allylic oxidation sites excluding steroid dienone is 8. The average molecular weight is 218 g/mol. The third kappa shape index (κ3) is 2.13. The molecule has 0 aromatic carbocycles. The first-order chi connectivity index (χ1) is 6.92. The van der Waals surface area contributed by atoms with Gasteiger partial charge in [0.15, 0.2) is 0 Å². The average Bonchev–Trinajstić information content (AvgIpc) is 2.87. The van der Waals surface area contributed by atoms with Crippen molar-refractivity contribution in [2.45, 2.75) is 19.3 Å². The predicted molar refractivity (Wildman–Crippen MR) is 57.9 cm³/mol. The zero-order valence-corrected chi connectivity index (χ0v) is 9.80. The van der Waals surface area contributed by atoms with Crippen LogP contribution in [-0.4, -0.2) is 4.31 Å². The van der Waals surface area contributed by atoms with Gasteiger partial charge in [-0.2, -0.15) is 0 Å². The first-order valence-electron chi connectivity index (χ1n) is 5.12. The molecule has 0 radical (unpaired) electrons. The Bertz CT molecular complexity index is 312. The Morgan fingerprint density at radius 2 is 1.71 bits per heavy atom. The summed E-state index contributed by atoms with van der Waals surface area (Å²) in [6.07, 6.45) is 16.9. The Labute approximate surface area is 97.0 Å². The first-order valence-corrected chi connectivity index (χ1v) is 6.02. The van der Waals surface area contributed by atoms with Crippen molar-refractivity contribution in [2.75, 3.05) is 0 Å². The van der Waals surface area contributed by atoms with Gasteiger partial charge in [-0.05, 0) is 0 Å². The second-order valence-electron chi connectivity index (χ2n) is 3.74. The first kappa shape index (κ1) is 10.1. The normalized spacial score (nSPS) is 18.9. The molecule has 2 aliphatic rings. The molecule has 1 heteroatoms. The summed E-state index contributed by atoms with van der Waals surface area (Å²) in [5.74, 6) is 0.657. The molecule has 2 rings (SSSR count). The van der Waals surface area contributed by atoms with Gasteiger partial charge in [0.25, 0.3) is 0 Å². The zero-order chi connectivity index (χ0) is 9.80. The van der Waals surface area contributed by atoms with Crippen LogP contribution in [0.2, 0.25) is 0 Å². The van der Waals surface area contributed by atoms with E-state index in [4.69, 9.17) is 0 Å². The van der Waals surface area contributed by atoms with E-state index in [0.717, 1.165) is 12.8 Å². The SMILES string of the molecule is [Ti]=[CH]CC(C1=CC=CC1)C1=CC=CC1. The Morgan fingerprint density at radius 1 is 1.14 bits per heavy atom. The summed E-state index contributed by atoms with van der Waals surface area (Å²) in [6.45, 7) is 0. The molecule has 0 nitrogen and oxygen atoms in total. The fourth-order valence-electron chi connectivity index (χ4n) is 2.10. The van der Waals surface area contributed by atoms with E-state index in [9.17, 15) is 0 Å². The minimum absolute atomic E-state index is 0.657. The van der Waals surface area contributed by atoms with Gasteiger partial charge < -0.3 is 0 Å². The Balaban J connectivity index is 2.11. The van der Waals surface area contributed by atoms with Crippen LogP contribution in [0.5, 0.6) is 0 Å². The van der Waals surface area contributed by atoms with Crippen LogP contribution in [0.1, 0.15) is 19.3 Å². The maximum atomic E-state index is 2.29. The second kappa shape index (κ2) is 4.86. The summed E-state index contributed by atoms with van der Waals surface area (Å²) < 4.78 is 2.28. The van der Waals surface area contributed by atoms with Crippen LogP contribution >= 0.6 is 0 Å². The molecule has 0 aromatic heterocycles. The van der Waals surface area contributed by atoms with Gasteiger partial charge in [-0.1, -0.05) is 0 Å². The summed E-state index contributed by atoms with van der Waals surface area (Å²) in [4.78, 5) is 0. The molecule has 0 aromatic rings. The Kier molecular flexibility index (Phi) is 3.50. The van der Waals surface area contributed by atoms with E-state index in [1.165, 1.54) is 6.42 Å². The molecule has 0 atom stereocenters. The molecule has 0 spiro atoms. The van der Waals surface area contributed by atoms with Crippen molar-refractivity contribution >= 4 is 4.31 Å². The van der Waals surface area contributed by atoms with E-state index in [1.54, 1.807) is 11.1 Å². The van der Waals surface area contributed by atoms with Crippen LogP contribution in [0.3, 0.4) is 0 Å². The molecule has 14 heavy (non-hydrogen) atoms. The van der Waals surface area contributed by atoms with Crippen molar-refractivity contribution in [1.82, 2.24) is 0 Å². The third-order valence-corrected chi connectivity index (χ3v) is 3.22. The van der Waals surface area contributed by atoms with Gasteiger partial charge in [-0.25, -0.2) is 0 Å². The van der Waals surface area contributed by atoms with Gasteiger partial charge in [-0.3, -0.25) is 0 Å². The van der Waals surface area contributed by atoms with Crippen molar-refractivity contribution in [1.29, 1.82) is 0 Å². The molecule has 2 aliphatic carbocycles. The van der Waals surface area contributed by atoms with Crippen molar-refractivity contribution < 1.29 is 20.0 Å². The second-order valence-corrected chi connectivity index (χ2v) is 4.38. The molecule has 0 N–H and O–H groups in total. The van der Waals surface area contributed by atoms with Gasteiger partial charge in [0.2, 0.25) is 0 Å². The molecule has 0 fully saturated rings. The number of rotatable bonds is 4. The van der Waals surface area contributed by atoms with Crippen LogP contribution < -0.4 is 0 Å². The van der Waals surface area contributed by atoms with Crippen LogP contribution in [0, 0.1) is 5.92 Å². The van der Waals surface area contributed by atoms with E-state index in [-0.39, 0.29) is 0 Å². The molecule has 0 unspecified atom stereocenters. The van der Waals surface area contributed by atoms with Crippen LogP contribution in [0.25, 0.3) is 0 Å². The predicted octanol–water partition coefficient (Wildman–Crippen LogP) is 3.11. The molecular formula is C13H14Ti. The van der Waals surface area contributed by atoms with Gasteiger partial charge in [-0.15, -0.1) is 0 Å². The molecule has 0 bridgehead atoms. The third-order valence-electron chi connectivity index (χ3n) is 2.85. The van der Waals surface area contributed by atoms with E-state index in [1.807, 2.05) is 0 Å². The summed E-state index contributed by atoms with van der Waals surface area (Å²) in [5.41, 5.74) is 3.16. The standard InChI is InChI=1S/C13H14.Ti/c1-2-13(11-7-3-4-8-11)12-9-5-6-10-12;/h1,3-7,9,13H,2,8,10H2;. The van der Waals surface area contributed by atoms with Gasteiger partial charge in [0.1, 0.15) is 0 Å². The van der Waals surface area contributed by atoms with E-state index in [2.05, 4.69) is 60.7 Å². The maximum absolute atomic E-state index is 2.29. The van der Waals surface area contributed by atoms with Gasteiger partial charge in [0.05, 0.1) is 0 Å². The van der Waals surface area contributed by atoms with Crippen LogP contribution in [-0.2, 0) is 20.0 Å². The number of hydrogen-bond donors (Lipinski definition) is 0. The molecule has 0 saturated heterocycles. The monoisotopic (exact) mass is 218 g/mol. The molecule has 0 amide bonds. The topological polar surface area (TPSA) is 0 Å². The summed E-state index contributed by atoms with van der Waals surface area (Å²) in [7, 11) is 0. The molecule has 0 saturated carbocycles. The van der Waals surface area contributed by atoms with Crippen molar-refractivity contribution in [3.05, 3.63) is 47.6 Å². The van der Waals surface area contributed by atoms with Crippen LogP contribution in [0.15, 0.2) is 47.6 Å². The van der Waals surface area contributed by atoms with E-state index < -0.39 is 0 Å². The van der Waals surface area contributed by atoms with Crippen LogP contribution in [0.4, 0.5) is 0 Å².